The standard InChI is InChI=1S/C17H17BrN2O3/c18-13-9-5-4-8-12(13)10-14(16(19)22)20-17(23)15(21)11-6-2-1-3-7-11/h1-9,14-15,21H,10H2,(H2,19,22)(H,20,23)/t14-,15-/m0/s1. The third-order valence-corrected chi connectivity index (χ3v) is 4.18. The van der Waals surface area contributed by atoms with Crippen LogP contribution in [-0.4, -0.2) is 23.0 Å². The Hall–Kier alpha value is -2.18. The van der Waals surface area contributed by atoms with Crippen molar-refractivity contribution in [3.63, 3.8) is 0 Å². The van der Waals surface area contributed by atoms with Gasteiger partial charge in [0, 0.05) is 10.9 Å². The third-order valence-electron chi connectivity index (χ3n) is 3.41. The van der Waals surface area contributed by atoms with Crippen molar-refractivity contribution in [2.75, 3.05) is 0 Å². The molecule has 0 unspecified atom stereocenters. The quantitative estimate of drug-likeness (QED) is 0.716. The van der Waals surface area contributed by atoms with Crippen LogP contribution in [0.4, 0.5) is 0 Å². The van der Waals surface area contributed by atoms with Gasteiger partial charge in [-0.15, -0.1) is 0 Å². The van der Waals surface area contributed by atoms with Crippen LogP contribution in [0.15, 0.2) is 59.1 Å². The van der Waals surface area contributed by atoms with Gasteiger partial charge in [0.25, 0.3) is 5.91 Å². The van der Waals surface area contributed by atoms with Gasteiger partial charge in [0.2, 0.25) is 5.91 Å². The Morgan fingerprint density at radius 1 is 1.09 bits per heavy atom. The highest BCUT2D eigenvalue weighted by Gasteiger charge is 2.24. The highest BCUT2D eigenvalue weighted by atomic mass is 79.9. The molecule has 0 aromatic heterocycles. The maximum Gasteiger partial charge on any atom is 0.254 e. The predicted molar refractivity (Wildman–Crippen MR) is 90.4 cm³/mol. The number of halogens is 1. The van der Waals surface area contributed by atoms with Crippen LogP contribution in [0.25, 0.3) is 0 Å². The number of aliphatic hydroxyl groups excluding tert-OH is 1. The summed E-state index contributed by atoms with van der Waals surface area (Å²) in [6, 6.07) is 15.0. The molecule has 120 valence electrons. The number of carbonyl (C=O) groups is 2. The first kappa shape index (κ1) is 17.2. The highest BCUT2D eigenvalue weighted by molar-refractivity contribution is 9.10. The number of primary amides is 1. The number of rotatable bonds is 6. The number of amides is 2. The third kappa shape index (κ3) is 4.64. The minimum absolute atomic E-state index is 0.240. The first-order chi connectivity index (χ1) is 11.0. The van der Waals surface area contributed by atoms with Crippen molar-refractivity contribution in [2.45, 2.75) is 18.6 Å². The van der Waals surface area contributed by atoms with Crippen molar-refractivity contribution < 1.29 is 14.7 Å². The van der Waals surface area contributed by atoms with E-state index in [0.717, 1.165) is 10.0 Å². The van der Waals surface area contributed by atoms with Crippen LogP contribution in [-0.2, 0) is 16.0 Å². The van der Waals surface area contributed by atoms with E-state index in [4.69, 9.17) is 5.73 Å². The second-order valence-corrected chi connectivity index (χ2v) is 5.93. The molecule has 0 aliphatic heterocycles. The SMILES string of the molecule is NC(=O)[C@H](Cc1ccccc1Br)NC(=O)[C@@H](O)c1ccccc1. The topological polar surface area (TPSA) is 92.4 Å². The van der Waals surface area contributed by atoms with E-state index in [9.17, 15) is 14.7 Å². The van der Waals surface area contributed by atoms with E-state index < -0.39 is 24.0 Å². The second-order valence-electron chi connectivity index (χ2n) is 5.07. The number of aliphatic hydroxyl groups is 1. The average Bonchev–Trinajstić information content (AvgIpc) is 2.56. The molecule has 2 aromatic rings. The van der Waals surface area contributed by atoms with Gasteiger partial charge >= 0.3 is 0 Å². The molecule has 2 rings (SSSR count). The summed E-state index contributed by atoms with van der Waals surface area (Å²) < 4.78 is 0.823. The molecular weight excluding hydrogens is 360 g/mol. The number of nitrogens with two attached hydrogens (primary N) is 1. The first-order valence-corrected chi connectivity index (χ1v) is 7.84. The number of nitrogens with one attached hydrogen (secondary N) is 1. The molecule has 0 aliphatic rings. The molecule has 0 fully saturated rings. The van der Waals surface area contributed by atoms with Crippen molar-refractivity contribution >= 4 is 27.7 Å². The van der Waals surface area contributed by atoms with Gasteiger partial charge in [-0.1, -0.05) is 64.5 Å². The van der Waals surface area contributed by atoms with E-state index in [-0.39, 0.29) is 6.42 Å². The Balaban J connectivity index is 2.09. The smallest absolute Gasteiger partial charge is 0.254 e. The van der Waals surface area contributed by atoms with Crippen LogP contribution in [0, 0.1) is 0 Å². The van der Waals surface area contributed by atoms with Crippen molar-refractivity contribution in [3.8, 4) is 0 Å². The molecule has 4 N–H and O–H groups in total. The van der Waals surface area contributed by atoms with E-state index >= 15 is 0 Å². The van der Waals surface area contributed by atoms with Crippen LogP contribution in [0.1, 0.15) is 17.2 Å². The zero-order chi connectivity index (χ0) is 16.8. The monoisotopic (exact) mass is 376 g/mol. The largest absolute Gasteiger partial charge is 0.378 e. The summed E-state index contributed by atoms with van der Waals surface area (Å²) in [6.45, 7) is 0. The minimum atomic E-state index is -1.35. The fourth-order valence-electron chi connectivity index (χ4n) is 2.14. The lowest BCUT2D eigenvalue weighted by Crippen LogP contribution is -2.47. The van der Waals surface area contributed by atoms with E-state index in [0.29, 0.717) is 5.56 Å². The Morgan fingerprint density at radius 2 is 1.70 bits per heavy atom. The normalized spacial score (nSPS) is 13.1. The van der Waals surface area contributed by atoms with E-state index in [1.165, 1.54) is 0 Å². The van der Waals surface area contributed by atoms with Crippen LogP contribution in [0.2, 0.25) is 0 Å². The van der Waals surface area contributed by atoms with Crippen LogP contribution in [0.5, 0.6) is 0 Å². The summed E-state index contributed by atoms with van der Waals surface area (Å²) in [4.78, 5) is 23.8. The van der Waals surface area contributed by atoms with Gasteiger partial charge in [0.05, 0.1) is 0 Å². The maximum absolute atomic E-state index is 12.2. The molecule has 23 heavy (non-hydrogen) atoms. The van der Waals surface area contributed by atoms with Crippen molar-refractivity contribution in [1.29, 1.82) is 0 Å². The number of hydrogen-bond acceptors (Lipinski definition) is 3. The summed E-state index contributed by atoms with van der Waals surface area (Å²) in [5.41, 5.74) is 6.66. The lowest BCUT2D eigenvalue weighted by Gasteiger charge is -2.19. The van der Waals surface area contributed by atoms with Gasteiger partial charge in [-0.25, -0.2) is 0 Å². The zero-order valence-corrected chi connectivity index (χ0v) is 13.9. The minimum Gasteiger partial charge on any atom is -0.378 e. The molecule has 0 aliphatic carbocycles. The number of benzene rings is 2. The molecule has 5 nitrogen and oxygen atoms in total. The summed E-state index contributed by atoms with van der Waals surface area (Å²) >= 11 is 3.39. The average molecular weight is 377 g/mol. The number of carbonyl (C=O) groups excluding carboxylic acids is 2. The Bertz CT molecular complexity index is 691. The molecule has 0 heterocycles. The van der Waals surface area contributed by atoms with Crippen molar-refractivity contribution in [3.05, 3.63) is 70.2 Å². The summed E-state index contributed by atoms with van der Waals surface area (Å²) in [7, 11) is 0. The van der Waals surface area contributed by atoms with Gasteiger partial charge in [0.15, 0.2) is 6.10 Å². The fourth-order valence-corrected chi connectivity index (χ4v) is 2.59. The van der Waals surface area contributed by atoms with E-state index in [2.05, 4.69) is 21.2 Å². The molecule has 2 aromatic carbocycles. The van der Waals surface area contributed by atoms with Gasteiger partial charge in [-0.2, -0.15) is 0 Å². The predicted octanol–water partition coefficient (Wildman–Crippen LogP) is 1.70. The highest BCUT2D eigenvalue weighted by Crippen LogP contribution is 2.18. The molecule has 6 heteroatoms. The van der Waals surface area contributed by atoms with Gasteiger partial charge < -0.3 is 16.2 Å². The fraction of sp³-hybridized carbons (Fsp3) is 0.176. The zero-order valence-electron chi connectivity index (χ0n) is 12.3. The van der Waals surface area contributed by atoms with Crippen LogP contribution in [0.3, 0.4) is 0 Å². The molecule has 0 spiro atoms. The Labute approximate surface area is 142 Å². The van der Waals surface area contributed by atoms with Gasteiger partial charge in [-0.05, 0) is 17.2 Å². The summed E-state index contributed by atoms with van der Waals surface area (Å²) in [6.07, 6.45) is -1.11. The van der Waals surface area contributed by atoms with Gasteiger partial charge in [-0.3, -0.25) is 9.59 Å². The molecular formula is C17H17BrN2O3. The first-order valence-electron chi connectivity index (χ1n) is 7.05. The van der Waals surface area contributed by atoms with Gasteiger partial charge in [0.1, 0.15) is 6.04 Å². The molecule has 0 radical (unpaired) electrons. The number of hydrogen-bond donors (Lipinski definition) is 3. The van der Waals surface area contributed by atoms with Crippen LogP contribution >= 0.6 is 15.9 Å². The van der Waals surface area contributed by atoms with E-state index in [1.54, 1.807) is 30.3 Å². The maximum atomic E-state index is 12.2. The lowest BCUT2D eigenvalue weighted by molar-refractivity contribution is -0.133. The molecule has 0 saturated carbocycles. The van der Waals surface area contributed by atoms with E-state index in [1.807, 2.05) is 24.3 Å². The lowest BCUT2D eigenvalue weighted by atomic mass is 10.0. The Morgan fingerprint density at radius 3 is 2.30 bits per heavy atom. The summed E-state index contributed by atoms with van der Waals surface area (Å²) in [5.74, 6) is -1.32. The second kappa shape index (κ2) is 7.89. The Kier molecular flexibility index (Phi) is 5.90. The molecule has 2 atom stereocenters. The molecule has 2 amide bonds. The molecule has 0 saturated heterocycles. The van der Waals surface area contributed by atoms with Crippen LogP contribution < -0.4 is 11.1 Å². The van der Waals surface area contributed by atoms with Crippen molar-refractivity contribution in [2.24, 2.45) is 5.73 Å². The summed E-state index contributed by atoms with van der Waals surface area (Å²) in [5, 5.41) is 12.6. The van der Waals surface area contributed by atoms with Crippen molar-refractivity contribution in [1.82, 2.24) is 5.32 Å². The molecule has 0 bridgehead atoms.